The Morgan fingerprint density at radius 3 is 2.56 bits per heavy atom. The first kappa shape index (κ1) is 26.5. The number of ether oxygens (including phenoxy) is 1. The Hall–Kier alpha value is -2.59. The molecule has 0 spiro atoms. The van der Waals surface area contributed by atoms with E-state index in [1.807, 2.05) is 32.9 Å². The van der Waals surface area contributed by atoms with Crippen LogP contribution < -0.4 is 10.3 Å². The predicted molar refractivity (Wildman–Crippen MR) is 148 cm³/mol. The Kier molecular flexibility index (Phi) is 7.94. The number of nitro benzene ring substituents is 1. The van der Waals surface area contributed by atoms with E-state index in [9.17, 15) is 14.9 Å². The third kappa shape index (κ3) is 6.03. The van der Waals surface area contributed by atoms with Gasteiger partial charge in [0.2, 0.25) is 5.75 Å². The van der Waals surface area contributed by atoms with Crippen molar-refractivity contribution >= 4 is 54.7 Å². The van der Waals surface area contributed by atoms with Gasteiger partial charge in [0, 0.05) is 26.5 Å². The van der Waals surface area contributed by atoms with Crippen LogP contribution in [0.3, 0.4) is 0 Å². The maximum Gasteiger partial charge on any atom is 0.312 e. The van der Waals surface area contributed by atoms with Crippen LogP contribution in [-0.4, -0.2) is 27.4 Å². The maximum atomic E-state index is 13.6. The molecule has 3 aromatic rings. The van der Waals surface area contributed by atoms with E-state index in [1.165, 1.54) is 23.4 Å². The number of nitro groups is 1. The molecular formula is C26H28Br2N4O4. The number of aromatic nitrogens is 2. The summed E-state index contributed by atoms with van der Waals surface area (Å²) in [6.45, 7) is 6.23. The van der Waals surface area contributed by atoms with Gasteiger partial charge in [0.15, 0.2) is 0 Å². The molecule has 0 amide bonds. The van der Waals surface area contributed by atoms with Crippen LogP contribution in [0.4, 0.5) is 5.69 Å². The van der Waals surface area contributed by atoms with Crippen molar-refractivity contribution in [3.63, 3.8) is 0 Å². The second kappa shape index (κ2) is 10.8. The first-order valence-corrected chi connectivity index (χ1v) is 13.5. The summed E-state index contributed by atoms with van der Waals surface area (Å²) in [6.07, 6.45) is 6.64. The lowest BCUT2D eigenvalue weighted by Crippen LogP contribution is -2.25. The van der Waals surface area contributed by atoms with E-state index in [0.29, 0.717) is 26.8 Å². The largest absolute Gasteiger partial charge is 0.486 e. The molecule has 36 heavy (non-hydrogen) atoms. The molecule has 1 fully saturated rings. The van der Waals surface area contributed by atoms with Crippen LogP contribution in [0.25, 0.3) is 10.9 Å². The molecule has 1 aromatic heterocycles. The summed E-state index contributed by atoms with van der Waals surface area (Å²) >= 11 is 6.79. The molecule has 4 rings (SSSR count). The first-order chi connectivity index (χ1) is 17.0. The van der Waals surface area contributed by atoms with Crippen LogP contribution in [0, 0.1) is 15.5 Å². The Labute approximate surface area is 226 Å². The van der Waals surface area contributed by atoms with E-state index in [4.69, 9.17) is 9.72 Å². The SMILES string of the molecule is CC(C)(C)COc1c(C=Nn2c(C3CCCCC3)nc3ccc(Br)cc3c2=O)cc(Br)cc1[N+](=O)[O-]. The quantitative estimate of drug-likeness (QED) is 0.165. The fourth-order valence-electron chi connectivity index (χ4n) is 4.30. The molecule has 1 aliphatic carbocycles. The van der Waals surface area contributed by atoms with Gasteiger partial charge in [-0.1, -0.05) is 71.9 Å². The monoisotopic (exact) mass is 618 g/mol. The van der Waals surface area contributed by atoms with Crippen molar-refractivity contribution in [1.82, 2.24) is 9.66 Å². The molecule has 2 aromatic carbocycles. The maximum absolute atomic E-state index is 13.6. The van der Waals surface area contributed by atoms with Crippen LogP contribution in [0.5, 0.6) is 5.75 Å². The Morgan fingerprint density at radius 2 is 1.89 bits per heavy atom. The van der Waals surface area contributed by atoms with Crippen molar-refractivity contribution in [3.8, 4) is 5.75 Å². The molecule has 8 nitrogen and oxygen atoms in total. The summed E-state index contributed by atoms with van der Waals surface area (Å²) in [5, 5.41) is 16.8. The van der Waals surface area contributed by atoms with Crippen molar-refractivity contribution in [2.75, 3.05) is 6.61 Å². The van der Waals surface area contributed by atoms with E-state index in [1.54, 1.807) is 12.1 Å². The van der Waals surface area contributed by atoms with E-state index >= 15 is 0 Å². The second-order valence-corrected chi connectivity index (χ2v) is 12.1. The molecule has 0 unspecified atom stereocenters. The van der Waals surface area contributed by atoms with Crippen LogP contribution in [-0.2, 0) is 0 Å². The standard InChI is InChI=1S/C26H28Br2N4O4/c1-26(2,3)15-36-23-17(11-19(28)13-22(23)32(34)35)14-29-31-24(16-7-5-4-6-8-16)30-21-10-9-18(27)12-20(21)25(31)33/h9-14,16H,4-8,15H2,1-3H3. The van der Waals surface area contributed by atoms with Crippen LogP contribution in [0.2, 0.25) is 0 Å². The summed E-state index contributed by atoms with van der Waals surface area (Å²) in [5.74, 6) is 0.850. The van der Waals surface area contributed by atoms with Crippen molar-refractivity contribution in [2.45, 2.75) is 58.8 Å². The molecule has 0 bridgehead atoms. The molecule has 10 heteroatoms. The van der Waals surface area contributed by atoms with Gasteiger partial charge in [-0.3, -0.25) is 14.9 Å². The number of halogens is 2. The number of rotatable bonds is 6. The minimum atomic E-state index is -0.477. The third-order valence-corrected chi connectivity index (χ3v) is 6.98. The number of fused-ring (bicyclic) bond motifs is 1. The lowest BCUT2D eigenvalue weighted by Gasteiger charge is -2.23. The number of hydrogen-bond acceptors (Lipinski definition) is 6. The van der Waals surface area contributed by atoms with Gasteiger partial charge >= 0.3 is 5.69 Å². The summed E-state index contributed by atoms with van der Waals surface area (Å²) in [7, 11) is 0. The van der Waals surface area contributed by atoms with Crippen molar-refractivity contribution < 1.29 is 9.66 Å². The molecule has 0 radical (unpaired) electrons. The van der Waals surface area contributed by atoms with E-state index in [0.717, 1.165) is 30.2 Å². The number of hydrogen-bond donors (Lipinski definition) is 0. The lowest BCUT2D eigenvalue weighted by atomic mass is 9.88. The lowest BCUT2D eigenvalue weighted by molar-refractivity contribution is -0.386. The van der Waals surface area contributed by atoms with Gasteiger partial charge in [0.1, 0.15) is 5.82 Å². The summed E-state index contributed by atoms with van der Waals surface area (Å²) in [6, 6.07) is 8.54. The van der Waals surface area contributed by atoms with E-state index in [2.05, 4.69) is 37.0 Å². The fraction of sp³-hybridized carbons (Fsp3) is 0.423. The van der Waals surface area contributed by atoms with Gasteiger partial charge in [0.25, 0.3) is 5.56 Å². The van der Waals surface area contributed by atoms with Crippen LogP contribution in [0.1, 0.15) is 70.2 Å². The summed E-state index contributed by atoms with van der Waals surface area (Å²) in [5.41, 5.74) is 0.366. The average molecular weight is 620 g/mol. The molecule has 1 heterocycles. The highest BCUT2D eigenvalue weighted by atomic mass is 79.9. The number of benzene rings is 2. The second-order valence-electron chi connectivity index (χ2n) is 10.3. The zero-order valence-corrected chi connectivity index (χ0v) is 23.6. The summed E-state index contributed by atoms with van der Waals surface area (Å²) < 4.78 is 8.58. The van der Waals surface area contributed by atoms with Crippen molar-refractivity contribution in [1.29, 1.82) is 0 Å². The Balaban J connectivity index is 1.87. The normalized spacial score (nSPS) is 15.0. The molecule has 0 saturated heterocycles. The smallest absolute Gasteiger partial charge is 0.312 e. The highest BCUT2D eigenvalue weighted by Gasteiger charge is 2.25. The zero-order valence-electron chi connectivity index (χ0n) is 20.5. The Bertz CT molecular complexity index is 1390. The van der Waals surface area contributed by atoms with Gasteiger partial charge in [-0.2, -0.15) is 9.78 Å². The van der Waals surface area contributed by atoms with Gasteiger partial charge in [-0.25, -0.2) is 4.98 Å². The minimum absolute atomic E-state index is 0.116. The molecule has 190 valence electrons. The molecule has 1 aliphatic rings. The highest BCUT2D eigenvalue weighted by molar-refractivity contribution is 9.10. The highest BCUT2D eigenvalue weighted by Crippen LogP contribution is 2.36. The number of nitrogens with zero attached hydrogens (tertiary/aromatic N) is 4. The van der Waals surface area contributed by atoms with Gasteiger partial charge in [0.05, 0.1) is 28.6 Å². The van der Waals surface area contributed by atoms with Crippen molar-refractivity contribution in [3.05, 3.63) is 71.1 Å². The minimum Gasteiger partial charge on any atom is -0.486 e. The zero-order chi connectivity index (χ0) is 26.0. The fourth-order valence-corrected chi connectivity index (χ4v) is 5.12. The van der Waals surface area contributed by atoms with E-state index < -0.39 is 4.92 Å². The Morgan fingerprint density at radius 1 is 1.17 bits per heavy atom. The van der Waals surface area contributed by atoms with Crippen LogP contribution in [0.15, 0.2) is 49.2 Å². The van der Waals surface area contributed by atoms with E-state index in [-0.39, 0.29) is 34.9 Å². The van der Waals surface area contributed by atoms with Gasteiger partial charge in [-0.15, -0.1) is 0 Å². The average Bonchev–Trinajstić information content (AvgIpc) is 2.82. The van der Waals surface area contributed by atoms with Gasteiger partial charge in [-0.05, 0) is 42.5 Å². The van der Waals surface area contributed by atoms with Crippen molar-refractivity contribution in [2.24, 2.45) is 10.5 Å². The topological polar surface area (TPSA) is 99.6 Å². The molecule has 1 saturated carbocycles. The molecule has 0 aliphatic heterocycles. The molecule has 0 atom stereocenters. The third-order valence-electron chi connectivity index (χ3n) is 6.03. The molecular weight excluding hydrogens is 592 g/mol. The van der Waals surface area contributed by atoms with Gasteiger partial charge < -0.3 is 4.74 Å². The summed E-state index contributed by atoms with van der Waals surface area (Å²) in [4.78, 5) is 29.8. The molecule has 0 N–H and O–H groups in total. The predicted octanol–water partition coefficient (Wildman–Crippen LogP) is 7.18. The van der Waals surface area contributed by atoms with Crippen LogP contribution >= 0.6 is 31.9 Å². The first-order valence-electron chi connectivity index (χ1n) is 11.9.